The first kappa shape index (κ1) is 11.5. The monoisotopic (exact) mass is 259 g/mol. The van der Waals surface area contributed by atoms with Crippen molar-refractivity contribution in [2.75, 3.05) is 0 Å². The molecule has 102 valence electrons. The smallest absolute Gasteiger partial charge is 0.226 e. The molecule has 4 bridgehead atoms. The first-order chi connectivity index (χ1) is 9.21. The van der Waals surface area contributed by atoms with Crippen molar-refractivity contribution in [1.82, 2.24) is 15.5 Å². The molecule has 1 aromatic heterocycles. The van der Waals surface area contributed by atoms with Crippen molar-refractivity contribution >= 4 is 5.91 Å². The van der Waals surface area contributed by atoms with Crippen LogP contribution >= 0.6 is 0 Å². The van der Waals surface area contributed by atoms with Crippen LogP contribution in [0.5, 0.6) is 0 Å². The molecule has 0 saturated heterocycles. The summed E-state index contributed by atoms with van der Waals surface area (Å²) in [4.78, 5) is 12.2. The Bertz CT molecular complexity index is 444. The average molecular weight is 259 g/mol. The molecule has 4 saturated carbocycles. The van der Waals surface area contributed by atoms with Crippen molar-refractivity contribution < 1.29 is 4.79 Å². The molecular weight excluding hydrogens is 238 g/mol. The highest BCUT2D eigenvalue weighted by Crippen LogP contribution is 2.55. The maximum absolute atomic E-state index is 12.2. The summed E-state index contributed by atoms with van der Waals surface area (Å²) >= 11 is 0. The second-order valence-electron chi connectivity index (χ2n) is 7.00. The highest BCUT2D eigenvalue weighted by Gasteiger charge is 2.51. The molecule has 0 atom stereocenters. The first-order valence-corrected chi connectivity index (χ1v) is 7.50. The van der Waals surface area contributed by atoms with E-state index in [1.807, 2.05) is 6.07 Å². The van der Waals surface area contributed by atoms with Crippen LogP contribution in [0.15, 0.2) is 12.3 Å². The summed E-state index contributed by atoms with van der Waals surface area (Å²) in [5.41, 5.74) is 1.04. The predicted molar refractivity (Wildman–Crippen MR) is 71.3 cm³/mol. The van der Waals surface area contributed by atoms with E-state index >= 15 is 0 Å². The number of H-pyrrole nitrogens is 1. The minimum atomic E-state index is 0.131. The quantitative estimate of drug-likeness (QED) is 0.872. The fraction of sp³-hybridized carbons (Fsp3) is 0.733. The van der Waals surface area contributed by atoms with Crippen molar-refractivity contribution in [1.29, 1.82) is 0 Å². The molecule has 5 rings (SSSR count). The molecule has 0 radical (unpaired) electrons. The molecule has 4 fully saturated rings. The second-order valence-corrected chi connectivity index (χ2v) is 7.00. The average Bonchev–Trinajstić information content (AvgIpc) is 2.78. The maximum atomic E-state index is 12.2. The topological polar surface area (TPSA) is 57.8 Å². The summed E-state index contributed by atoms with van der Waals surface area (Å²) < 4.78 is 0. The summed E-state index contributed by atoms with van der Waals surface area (Å²) in [7, 11) is 0. The van der Waals surface area contributed by atoms with Gasteiger partial charge in [-0.1, -0.05) is 0 Å². The number of rotatable bonds is 3. The van der Waals surface area contributed by atoms with E-state index in [4.69, 9.17) is 0 Å². The molecule has 2 N–H and O–H groups in total. The zero-order valence-corrected chi connectivity index (χ0v) is 11.2. The molecule has 0 aliphatic heterocycles. The zero-order valence-electron chi connectivity index (χ0n) is 11.2. The lowest BCUT2D eigenvalue weighted by Gasteiger charge is -2.56. The molecule has 4 heteroatoms. The van der Waals surface area contributed by atoms with E-state index in [1.54, 1.807) is 6.20 Å². The van der Waals surface area contributed by atoms with Gasteiger partial charge in [-0.3, -0.25) is 9.89 Å². The summed E-state index contributed by atoms with van der Waals surface area (Å²) in [5, 5.41) is 10.1. The summed E-state index contributed by atoms with van der Waals surface area (Å²) in [6.07, 6.45) is 10.0. The Labute approximate surface area is 113 Å². The maximum Gasteiger partial charge on any atom is 0.226 e. The zero-order chi connectivity index (χ0) is 12.9. The minimum absolute atomic E-state index is 0.131. The number of carbonyl (C=O) groups excluding carboxylic acids is 1. The molecule has 4 nitrogen and oxygen atoms in total. The third kappa shape index (κ3) is 2.07. The van der Waals surface area contributed by atoms with E-state index in [1.165, 1.54) is 38.5 Å². The van der Waals surface area contributed by atoms with Crippen LogP contribution in [-0.4, -0.2) is 21.6 Å². The normalized spacial score (nSPS) is 39.5. The molecule has 0 spiro atoms. The van der Waals surface area contributed by atoms with Crippen molar-refractivity contribution in [3.63, 3.8) is 0 Å². The number of hydrogen-bond acceptors (Lipinski definition) is 2. The standard InChI is InChI=1S/C15H21N3O/c19-14(6-13-1-2-16-18-13)17-15-7-10-3-11(8-15)5-12(4-10)9-15/h1-2,10-12H,3-9H2,(H,16,18)(H,17,19). The SMILES string of the molecule is O=C(Cc1ccn[nH]1)NC12CC3CC(CC(C3)C1)C2. The number of aromatic nitrogens is 2. The van der Waals surface area contributed by atoms with E-state index < -0.39 is 0 Å². The Morgan fingerprint density at radius 2 is 1.89 bits per heavy atom. The lowest BCUT2D eigenvalue weighted by atomic mass is 9.53. The molecular formula is C15H21N3O. The molecule has 4 aliphatic carbocycles. The largest absolute Gasteiger partial charge is 0.350 e. The number of nitrogens with zero attached hydrogens (tertiary/aromatic N) is 1. The lowest BCUT2D eigenvalue weighted by Crippen LogP contribution is -2.60. The van der Waals surface area contributed by atoms with Crippen LogP contribution < -0.4 is 5.32 Å². The second kappa shape index (κ2) is 4.09. The van der Waals surface area contributed by atoms with Gasteiger partial charge in [-0.25, -0.2) is 0 Å². The van der Waals surface area contributed by atoms with Crippen LogP contribution in [0, 0.1) is 17.8 Å². The number of carbonyl (C=O) groups is 1. The van der Waals surface area contributed by atoms with Gasteiger partial charge in [-0.2, -0.15) is 5.10 Å². The Kier molecular flexibility index (Phi) is 2.47. The molecule has 1 amide bonds. The number of hydrogen-bond donors (Lipinski definition) is 2. The fourth-order valence-corrected chi connectivity index (χ4v) is 5.16. The third-order valence-electron chi connectivity index (χ3n) is 5.35. The summed E-state index contributed by atoms with van der Waals surface area (Å²) in [6.45, 7) is 0. The van der Waals surface area contributed by atoms with Gasteiger partial charge in [0, 0.05) is 17.4 Å². The summed E-state index contributed by atoms with van der Waals surface area (Å²) in [6, 6.07) is 1.87. The van der Waals surface area contributed by atoms with Crippen LogP contribution in [0.3, 0.4) is 0 Å². The van der Waals surface area contributed by atoms with Crippen LogP contribution in [-0.2, 0) is 11.2 Å². The van der Waals surface area contributed by atoms with Gasteiger partial charge in [-0.05, 0) is 62.3 Å². The van der Waals surface area contributed by atoms with E-state index in [9.17, 15) is 4.79 Å². The first-order valence-electron chi connectivity index (χ1n) is 7.50. The minimum Gasteiger partial charge on any atom is -0.350 e. The Balaban J connectivity index is 1.46. The molecule has 0 aromatic carbocycles. The molecule has 4 aliphatic rings. The van der Waals surface area contributed by atoms with Crippen LogP contribution in [0.1, 0.15) is 44.2 Å². The number of aromatic amines is 1. The van der Waals surface area contributed by atoms with Crippen LogP contribution in [0.2, 0.25) is 0 Å². The predicted octanol–water partition coefficient (Wildman–Crippen LogP) is 2.04. The molecule has 19 heavy (non-hydrogen) atoms. The van der Waals surface area contributed by atoms with Gasteiger partial charge in [0.1, 0.15) is 0 Å². The van der Waals surface area contributed by atoms with Crippen molar-refractivity contribution in [3.8, 4) is 0 Å². The van der Waals surface area contributed by atoms with Crippen molar-refractivity contribution in [2.24, 2.45) is 17.8 Å². The third-order valence-corrected chi connectivity index (χ3v) is 5.35. The highest BCUT2D eigenvalue weighted by atomic mass is 16.1. The van der Waals surface area contributed by atoms with Gasteiger partial charge in [0.05, 0.1) is 6.42 Å². The van der Waals surface area contributed by atoms with Gasteiger partial charge < -0.3 is 5.32 Å². The van der Waals surface area contributed by atoms with Crippen molar-refractivity contribution in [2.45, 2.75) is 50.5 Å². The Morgan fingerprint density at radius 1 is 1.26 bits per heavy atom. The fourth-order valence-electron chi connectivity index (χ4n) is 5.16. The van der Waals surface area contributed by atoms with Crippen molar-refractivity contribution in [3.05, 3.63) is 18.0 Å². The van der Waals surface area contributed by atoms with E-state index in [0.717, 1.165) is 23.4 Å². The van der Waals surface area contributed by atoms with Gasteiger partial charge in [0.15, 0.2) is 0 Å². The van der Waals surface area contributed by atoms with E-state index in [2.05, 4.69) is 15.5 Å². The molecule has 1 heterocycles. The van der Waals surface area contributed by atoms with Gasteiger partial charge in [0.2, 0.25) is 5.91 Å². The van der Waals surface area contributed by atoms with E-state index in [0.29, 0.717) is 6.42 Å². The molecule has 1 aromatic rings. The molecule has 0 unspecified atom stereocenters. The highest BCUT2D eigenvalue weighted by molar-refractivity contribution is 5.79. The van der Waals surface area contributed by atoms with Gasteiger partial charge in [-0.15, -0.1) is 0 Å². The van der Waals surface area contributed by atoms with Crippen LogP contribution in [0.4, 0.5) is 0 Å². The van der Waals surface area contributed by atoms with Gasteiger partial charge >= 0.3 is 0 Å². The van der Waals surface area contributed by atoms with Crippen LogP contribution in [0.25, 0.3) is 0 Å². The Hall–Kier alpha value is -1.32. The number of nitrogens with one attached hydrogen (secondary N) is 2. The van der Waals surface area contributed by atoms with Gasteiger partial charge in [0.25, 0.3) is 0 Å². The Morgan fingerprint density at radius 3 is 2.42 bits per heavy atom. The van der Waals surface area contributed by atoms with E-state index in [-0.39, 0.29) is 11.4 Å². The lowest BCUT2D eigenvalue weighted by molar-refractivity contribution is -0.126. The summed E-state index contributed by atoms with van der Waals surface area (Å²) in [5.74, 6) is 2.78. The number of amides is 1.